The standard InChI is InChI=1S/C40H45ClN8O6S2/c1-23-25(3)56-39-35(23)36(28-10-12-29(41)13-11-28)45-32(37-48-47-27(5)49(37)39)22-34(51)42-15-17-54-19-21-55-20-18-53-16-14-33(50)44-31-9-7-6-8-30(31)38(52)46-40-43-24(2)26(4)57-40/h6-13,32H,14-22H2,1-5H3,(H,42,51)(H,44,50)(H,43,46,52)/t32-/m0/s1. The van der Waals surface area contributed by atoms with Gasteiger partial charge >= 0.3 is 0 Å². The largest absolute Gasteiger partial charge is 0.379 e. The van der Waals surface area contributed by atoms with Gasteiger partial charge in [0.2, 0.25) is 11.8 Å². The zero-order chi connectivity index (χ0) is 40.5. The molecule has 3 amide bonds. The molecule has 0 radical (unpaired) electrons. The fourth-order valence-corrected chi connectivity index (χ4v) is 8.19. The van der Waals surface area contributed by atoms with Crippen molar-refractivity contribution in [3.8, 4) is 5.00 Å². The maximum atomic E-state index is 13.2. The van der Waals surface area contributed by atoms with E-state index in [-0.39, 0.29) is 37.2 Å². The van der Waals surface area contributed by atoms with Crippen LogP contribution in [0.3, 0.4) is 0 Å². The zero-order valence-corrected chi connectivity index (χ0v) is 34.8. The van der Waals surface area contributed by atoms with Crippen molar-refractivity contribution in [2.45, 2.75) is 53.5 Å². The number of amides is 3. The number of carbonyl (C=O) groups excluding carboxylic acids is 3. The quantitative estimate of drug-likeness (QED) is 0.0813. The summed E-state index contributed by atoms with van der Waals surface area (Å²) in [4.78, 5) is 50.3. The molecule has 0 unspecified atom stereocenters. The number of rotatable bonds is 18. The second-order valence-electron chi connectivity index (χ2n) is 13.3. The first-order valence-corrected chi connectivity index (χ1v) is 20.5. The highest BCUT2D eigenvalue weighted by atomic mass is 35.5. The molecule has 4 heterocycles. The number of fused-ring (bicyclic) bond motifs is 3. The average Bonchev–Trinajstić information content (AvgIpc) is 3.79. The van der Waals surface area contributed by atoms with Crippen LogP contribution >= 0.6 is 34.3 Å². The number of aliphatic imine (C=N–C) groups is 1. The van der Waals surface area contributed by atoms with Gasteiger partial charge in [-0.15, -0.1) is 32.9 Å². The molecule has 0 saturated carbocycles. The second kappa shape index (κ2) is 19.5. The number of nitrogens with one attached hydrogen (secondary N) is 3. The molecule has 1 aliphatic rings. The monoisotopic (exact) mass is 832 g/mol. The number of ether oxygens (including phenoxy) is 3. The van der Waals surface area contributed by atoms with E-state index in [1.807, 2.05) is 49.6 Å². The van der Waals surface area contributed by atoms with Gasteiger partial charge in [0.15, 0.2) is 11.0 Å². The molecule has 0 bridgehead atoms. The number of hydrogen-bond acceptors (Lipinski definition) is 12. The minimum Gasteiger partial charge on any atom is -0.379 e. The van der Waals surface area contributed by atoms with Crippen LogP contribution in [0.4, 0.5) is 10.8 Å². The molecule has 0 fully saturated rings. The zero-order valence-electron chi connectivity index (χ0n) is 32.4. The van der Waals surface area contributed by atoms with Crippen LogP contribution < -0.4 is 16.0 Å². The molecule has 17 heteroatoms. The molecule has 5 aromatic rings. The molecule has 6 rings (SSSR count). The van der Waals surface area contributed by atoms with E-state index in [4.69, 9.17) is 30.8 Å². The van der Waals surface area contributed by atoms with Gasteiger partial charge in [-0.3, -0.25) is 29.3 Å². The van der Waals surface area contributed by atoms with Crippen molar-refractivity contribution >= 4 is 68.5 Å². The first-order chi connectivity index (χ1) is 27.5. The molecule has 0 spiro atoms. The molecule has 14 nitrogen and oxygen atoms in total. The Bertz CT molecular complexity index is 2230. The summed E-state index contributed by atoms with van der Waals surface area (Å²) in [5.41, 5.74) is 5.46. The van der Waals surface area contributed by atoms with E-state index >= 15 is 0 Å². The van der Waals surface area contributed by atoms with Crippen LogP contribution in [0, 0.1) is 34.6 Å². The van der Waals surface area contributed by atoms with Crippen LogP contribution in [0.2, 0.25) is 5.02 Å². The van der Waals surface area contributed by atoms with E-state index in [1.165, 1.54) is 16.2 Å². The van der Waals surface area contributed by atoms with Crippen LogP contribution in [0.1, 0.15) is 73.0 Å². The number of benzene rings is 2. The summed E-state index contributed by atoms with van der Waals surface area (Å²) in [5, 5.41) is 19.5. The molecule has 0 aliphatic carbocycles. The number of thiazole rings is 1. The van der Waals surface area contributed by atoms with Crippen molar-refractivity contribution in [1.82, 2.24) is 25.1 Å². The molecule has 1 atom stereocenters. The van der Waals surface area contributed by atoms with E-state index < -0.39 is 6.04 Å². The van der Waals surface area contributed by atoms with E-state index in [0.29, 0.717) is 66.8 Å². The van der Waals surface area contributed by atoms with Gasteiger partial charge in [0.1, 0.15) is 16.9 Å². The fourth-order valence-electron chi connectivity index (χ4n) is 6.04. The Hall–Kier alpha value is -4.84. The lowest BCUT2D eigenvalue weighted by Crippen LogP contribution is -2.29. The Labute approximate surface area is 344 Å². The Balaban J connectivity index is 0.870. The smallest absolute Gasteiger partial charge is 0.259 e. The number of carbonyl (C=O) groups is 3. The lowest BCUT2D eigenvalue weighted by atomic mass is 9.99. The summed E-state index contributed by atoms with van der Waals surface area (Å²) in [6, 6.07) is 13.8. The Morgan fingerprint density at radius 1 is 0.807 bits per heavy atom. The number of aryl methyl sites for hydroxylation is 4. The first kappa shape index (κ1) is 41.8. The summed E-state index contributed by atoms with van der Waals surface area (Å²) in [6.45, 7) is 12.1. The van der Waals surface area contributed by atoms with Crippen molar-refractivity contribution in [2.24, 2.45) is 4.99 Å². The summed E-state index contributed by atoms with van der Waals surface area (Å²) < 4.78 is 18.8. The topological polar surface area (TPSA) is 171 Å². The number of halogens is 1. The third-order valence-electron chi connectivity index (χ3n) is 9.22. The fraction of sp³-hybridized carbons (Fsp3) is 0.375. The van der Waals surface area contributed by atoms with E-state index in [0.717, 1.165) is 43.8 Å². The van der Waals surface area contributed by atoms with Gasteiger partial charge in [-0.25, -0.2) is 4.98 Å². The van der Waals surface area contributed by atoms with E-state index in [9.17, 15) is 14.4 Å². The van der Waals surface area contributed by atoms with Crippen LogP contribution in [-0.4, -0.2) is 89.4 Å². The van der Waals surface area contributed by atoms with E-state index in [2.05, 4.69) is 45.0 Å². The average molecular weight is 833 g/mol. The Morgan fingerprint density at radius 2 is 1.51 bits per heavy atom. The summed E-state index contributed by atoms with van der Waals surface area (Å²) in [7, 11) is 0. The minimum atomic E-state index is -0.555. The van der Waals surface area contributed by atoms with Crippen molar-refractivity contribution in [2.75, 3.05) is 56.8 Å². The maximum Gasteiger partial charge on any atom is 0.259 e. The van der Waals surface area contributed by atoms with Crippen LogP contribution in [-0.2, 0) is 23.8 Å². The maximum absolute atomic E-state index is 13.2. The minimum absolute atomic E-state index is 0.0881. The van der Waals surface area contributed by atoms with Gasteiger partial charge in [-0.1, -0.05) is 35.9 Å². The summed E-state index contributed by atoms with van der Waals surface area (Å²) >= 11 is 9.27. The lowest BCUT2D eigenvalue weighted by molar-refractivity contribution is -0.121. The second-order valence-corrected chi connectivity index (χ2v) is 16.1. The van der Waals surface area contributed by atoms with Crippen LogP contribution in [0.15, 0.2) is 53.5 Å². The van der Waals surface area contributed by atoms with Gasteiger partial charge in [0, 0.05) is 32.4 Å². The normalized spacial score (nSPS) is 13.4. The molecule has 3 N–H and O–H groups in total. The first-order valence-electron chi connectivity index (χ1n) is 18.5. The number of aromatic nitrogens is 4. The number of hydrogen-bond donors (Lipinski definition) is 3. The van der Waals surface area contributed by atoms with Crippen LogP contribution in [0.5, 0.6) is 0 Å². The molecule has 2 aromatic carbocycles. The van der Waals surface area contributed by atoms with Crippen molar-refractivity contribution in [1.29, 1.82) is 0 Å². The predicted octanol–water partition coefficient (Wildman–Crippen LogP) is 6.71. The van der Waals surface area contributed by atoms with Crippen LogP contribution in [0.25, 0.3) is 5.00 Å². The van der Waals surface area contributed by atoms with Gasteiger partial charge in [-0.05, 0) is 64.4 Å². The third kappa shape index (κ3) is 10.6. The van der Waals surface area contributed by atoms with Gasteiger partial charge in [0.05, 0.1) is 75.1 Å². The predicted molar refractivity (Wildman–Crippen MR) is 223 cm³/mol. The SMILES string of the molecule is Cc1nc(NC(=O)c2ccccc2NC(=O)CCOCCOCCOCCNC(=O)C[C@@H]2N=C(c3ccc(Cl)cc3)c3c(sc(C)c3C)-n3c(C)nnc32)sc1C. The van der Waals surface area contributed by atoms with Gasteiger partial charge in [0.25, 0.3) is 5.91 Å². The molecule has 0 saturated heterocycles. The Kier molecular flexibility index (Phi) is 14.3. The summed E-state index contributed by atoms with van der Waals surface area (Å²) in [5.74, 6) is 0.547. The number of anilines is 2. The van der Waals surface area contributed by atoms with Gasteiger partial charge in [-0.2, -0.15) is 0 Å². The molecule has 1 aliphatic heterocycles. The van der Waals surface area contributed by atoms with Gasteiger partial charge < -0.3 is 24.8 Å². The third-order valence-corrected chi connectivity index (χ3v) is 11.6. The number of nitrogens with zero attached hydrogens (tertiary/aromatic N) is 5. The molecule has 57 heavy (non-hydrogen) atoms. The molecule has 3 aromatic heterocycles. The highest BCUT2D eigenvalue weighted by Crippen LogP contribution is 2.39. The lowest BCUT2D eigenvalue weighted by Gasteiger charge is -2.13. The molecular formula is C40H45ClN8O6S2. The summed E-state index contributed by atoms with van der Waals surface area (Å²) in [6.07, 6.45) is 0.200. The van der Waals surface area contributed by atoms with E-state index in [1.54, 1.807) is 35.6 Å². The molecule has 300 valence electrons. The van der Waals surface area contributed by atoms with Crippen molar-refractivity contribution in [3.63, 3.8) is 0 Å². The molecular weight excluding hydrogens is 788 g/mol. The number of thiophene rings is 1. The Morgan fingerprint density at radius 3 is 2.23 bits per heavy atom. The highest BCUT2D eigenvalue weighted by Gasteiger charge is 2.32. The van der Waals surface area contributed by atoms with Crippen molar-refractivity contribution in [3.05, 3.63) is 103 Å². The highest BCUT2D eigenvalue weighted by molar-refractivity contribution is 7.16. The number of para-hydroxylation sites is 1. The van der Waals surface area contributed by atoms with Crippen molar-refractivity contribution < 1.29 is 28.6 Å².